The number of hydrogen-bond acceptors (Lipinski definition) is 4. The third-order valence-electron chi connectivity index (χ3n) is 2.36. The molecule has 0 saturated carbocycles. The van der Waals surface area contributed by atoms with Crippen LogP contribution < -0.4 is 0 Å². The molecule has 1 aromatic carbocycles. The predicted octanol–water partition coefficient (Wildman–Crippen LogP) is 1.98. The van der Waals surface area contributed by atoms with Crippen molar-refractivity contribution in [2.24, 2.45) is 0 Å². The number of ketones is 1. The summed E-state index contributed by atoms with van der Waals surface area (Å²) >= 11 is 5.72. The minimum Gasteiger partial charge on any atom is -0.496 e. The van der Waals surface area contributed by atoms with E-state index in [-0.39, 0.29) is 11.5 Å². The molecule has 0 saturated heterocycles. The van der Waals surface area contributed by atoms with Gasteiger partial charge in [-0.1, -0.05) is 11.6 Å². The topological polar surface area (TPSA) is 52.6 Å². The first-order valence-electron chi connectivity index (χ1n) is 4.88. The van der Waals surface area contributed by atoms with Gasteiger partial charge in [0.1, 0.15) is 0 Å². The smallest absolute Gasteiger partial charge is 0.335 e. The molecule has 0 aliphatic carbocycles. The summed E-state index contributed by atoms with van der Waals surface area (Å²) < 4.78 is 9.80. The fourth-order valence-electron chi connectivity index (χ4n) is 1.51. The number of cyclic esters (lactones) is 1. The number of benzene rings is 1. The summed E-state index contributed by atoms with van der Waals surface area (Å²) in [6, 6.07) is 6.34. The molecule has 4 nitrogen and oxygen atoms in total. The molecule has 0 radical (unpaired) electrons. The molecule has 1 aromatic rings. The lowest BCUT2D eigenvalue weighted by molar-refractivity contribution is -0.137. The molecule has 1 aliphatic rings. The molecule has 0 N–H and O–H groups in total. The van der Waals surface area contributed by atoms with Gasteiger partial charge in [0.25, 0.3) is 0 Å². The molecule has 0 spiro atoms. The van der Waals surface area contributed by atoms with E-state index in [4.69, 9.17) is 21.1 Å². The van der Waals surface area contributed by atoms with E-state index >= 15 is 0 Å². The lowest BCUT2D eigenvalue weighted by Crippen LogP contribution is -2.24. The maximum atomic E-state index is 12.0. The van der Waals surface area contributed by atoms with Gasteiger partial charge in [-0.15, -0.1) is 0 Å². The average Bonchev–Trinajstić information content (AvgIpc) is 2.70. The standard InChI is InChI=1S/C12H9ClO4/c1-16-9-6-10(14)17-12(9)11(15)7-2-4-8(13)5-3-7/h2-6,12H,1H3/t12-/m0/s1. The summed E-state index contributed by atoms with van der Waals surface area (Å²) in [5.74, 6) is -0.690. The number of carbonyl (C=O) groups is 2. The summed E-state index contributed by atoms with van der Waals surface area (Å²) in [4.78, 5) is 23.1. The normalized spacial score (nSPS) is 18.6. The monoisotopic (exact) mass is 252 g/mol. The van der Waals surface area contributed by atoms with Gasteiger partial charge >= 0.3 is 5.97 Å². The number of esters is 1. The minimum atomic E-state index is -0.992. The Morgan fingerprint density at radius 3 is 2.59 bits per heavy atom. The SMILES string of the molecule is COC1=CC(=O)O[C@@H]1C(=O)c1ccc(Cl)cc1. The van der Waals surface area contributed by atoms with E-state index in [0.29, 0.717) is 10.6 Å². The van der Waals surface area contributed by atoms with Gasteiger partial charge in [0.05, 0.1) is 13.2 Å². The van der Waals surface area contributed by atoms with Crippen LogP contribution in [-0.2, 0) is 14.3 Å². The maximum absolute atomic E-state index is 12.0. The first kappa shape index (κ1) is 11.7. The summed E-state index contributed by atoms with van der Waals surface area (Å²) in [5.41, 5.74) is 0.414. The number of halogens is 1. The van der Waals surface area contributed by atoms with Crippen LogP contribution in [0.5, 0.6) is 0 Å². The zero-order valence-corrected chi connectivity index (χ0v) is 9.73. The third kappa shape index (κ3) is 2.31. The second kappa shape index (κ2) is 4.59. The molecule has 88 valence electrons. The maximum Gasteiger partial charge on any atom is 0.335 e. The molecule has 0 aromatic heterocycles. The van der Waals surface area contributed by atoms with Crippen molar-refractivity contribution in [2.75, 3.05) is 7.11 Å². The molecule has 1 heterocycles. The van der Waals surface area contributed by atoms with Crippen molar-refractivity contribution >= 4 is 23.4 Å². The molecule has 1 aliphatic heterocycles. The highest BCUT2D eigenvalue weighted by Crippen LogP contribution is 2.21. The zero-order chi connectivity index (χ0) is 12.4. The van der Waals surface area contributed by atoms with Crippen molar-refractivity contribution in [1.29, 1.82) is 0 Å². The van der Waals surface area contributed by atoms with E-state index in [1.165, 1.54) is 13.2 Å². The van der Waals surface area contributed by atoms with E-state index < -0.39 is 12.1 Å². The largest absolute Gasteiger partial charge is 0.496 e. The summed E-state index contributed by atoms with van der Waals surface area (Å²) in [5, 5.41) is 0.535. The highest BCUT2D eigenvalue weighted by molar-refractivity contribution is 6.30. The van der Waals surface area contributed by atoms with Gasteiger partial charge in [-0.25, -0.2) is 4.79 Å². The van der Waals surface area contributed by atoms with Crippen molar-refractivity contribution in [1.82, 2.24) is 0 Å². The fraction of sp³-hybridized carbons (Fsp3) is 0.167. The fourth-order valence-corrected chi connectivity index (χ4v) is 1.64. The van der Waals surface area contributed by atoms with Gasteiger partial charge in [-0.05, 0) is 24.3 Å². The Morgan fingerprint density at radius 2 is 2.00 bits per heavy atom. The quantitative estimate of drug-likeness (QED) is 0.610. The minimum absolute atomic E-state index is 0.218. The number of Topliss-reactive ketones (excluding diaryl/α,β-unsaturated/α-hetero) is 1. The number of ether oxygens (including phenoxy) is 2. The average molecular weight is 253 g/mol. The Kier molecular flexibility index (Phi) is 3.15. The van der Waals surface area contributed by atoms with E-state index in [2.05, 4.69) is 0 Å². The van der Waals surface area contributed by atoms with Crippen LogP contribution in [-0.4, -0.2) is 25.0 Å². The second-order valence-electron chi connectivity index (χ2n) is 3.44. The van der Waals surface area contributed by atoms with Gasteiger partial charge in [0.15, 0.2) is 5.76 Å². The Bertz CT molecular complexity index is 490. The van der Waals surface area contributed by atoms with Crippen LogP contribution >= 0.6 is 11.6 Å². The van der Waals surface area contributed by atoms with Crippen molar-refractivity contribution < 1.29 is 19.1 Å². The third-order valence-corrected chi connectivity index (χ3v) is 2.61. The van der Waals surface area contributed by atoms with Crippen LogP contribution in [0.2, 0.25) is 5.02 Å². The zero-order valence-electron chi connectivity index (χ0n) is 8.98. The van der Waals surface area contributed by atoms with Crippen LogP contribution in [0.4, 0.5) is 0 Å². The van der Waals surface area contributed by atoms with Crippen LogP contribution in [0.15, 0.2) is 36.1 Å². The summed E-state index contributed by atoms with van der Waals surface area (Å²) in [6.45, 7) is 0. The lowest BCUT2D eigenvalue weighted by atomic mass is 10.1. The second-order valence-corrected chi connectivity index (χ2v) is 3.88. The molecule has 2 rings (SSSR count). The summed E-state index contributed by atoms with van der Waals surface area (Å²) in [7, 11) is 1.38. The van der Waals surface area contributed by atoms with E-state index in [1.807, 2.05) is 0 Å². The Balaban J connectivity index is 2.24. The first-order chi connectivity index (χ1) is 8.11. The van der Waals surface area contributed by atoms with E-state index in [1.54, 1.807) is 24.3 Å². The van der Waals surface area contributed by atoms with Crippen molar-refractivity contribution in [3.63, 3.8) is 0 Å². The van der Waals surface area contributed by atoms with Crippen LogP contribution in [0.25, 0.3) is 0 Å². The Morgan fingerprint density at radius 1 is 1.35 bits per heavy atom. The predicted molar refractivity (Wildman–Crippen MR) is 60.8 cm³/mol. The molecular formula is C12H9ClO4. The number of carbonyl (C=O) groups excluding carboxylic acids is 2. The lowest BCUT2D eigenvalue weighted by Gasteiger charge is -2.11. The highest BCUT2D eigenvalue weighted by Gasteiger charge is 2.34. The molecule has 0 amide bonds. The number of rotatable bonds is 3. The van der Waals surface area contributed by atoms with Crippen LogP contribution in [0.3, 0.4) is 0 Å². The Hall–Kier alpha value is -1.81. The Labute approximate surface area is 103 Å². The molecule has 0 bridgehead atoms. The molecule has 17 heavy (non-hydrogen) atoms. The summed E-state index contributed by atoms with van der Waals surface area (Å²) in [6.07, 6.45) is 0.173. The first-order valence-corrected chi connectivity index (χ1v) is 5.25. The van der Waals surface area contributed by atoms with Crippen LogP contribution in [0, 0.1) is 0 Å². The van der Waals surface area contributed by atoms with Crippen LogP contribution in [0.1, 0.15) is 10.4 Å². The van der Waals surface area contributed by atoms with Crippen molar-refractivity contribution in [3.8, 4) is 0 Å². The van der Waals surface area contributed by atoms with Crippen molar-refractivity contribution in [3.05, 3.63) is 46.7 Å². The number of hydrogen-bond donors (Lipinski definition) is 0. The highest BCUT2D eigenvalue weighted by atomic mass is 35.5. The van der Waals surface area contributed by atoms with E-state index in [9.17, 15) is 9.59 Å². The molecule has 0 fully saturated rings. The van der Waals surface area contributed by atoms with Crippen molar-refractivity contribution in [2.45, 2.75) is 6.10 Å². The van der Waals surface area contributed by atoms with Gasteiger partial charge < -0.3 is 9.47 Å². The molecular weight excluding hydrogens is 244 g/mol. The van der Waals surface area contributed by atoms with Gasteiger partial charge in [-0.2, -0.15) is 0 Å². The van der Waals surface area contributed by atoms with E-state index in [0.717, 1.165) is 0 Å². The van der Waals surface area contributed by atoms with Gasteiger partial charge in [0.2, 0.25) is 11.9 Å². The number of methoxy groups -OCH3 is 1. The van der Waals surface area contributed by atoms with Gasteiger partial charge in [-0.3, -0.25) is 4.79 Å². The van der Waals surface area contributed by atoms with Gasteiger partial charge in [0, 0.05) is 10.6 Å². The molecule has 1 atom stereocenters. The molecule has 5 heteroatoms. The molecule has 0 unspecified atom stereocenters.